The van der Waals surface area contributed by atoms with Crippen molar-refractivity contribution in [3.05, 3.63) is 29.0 Å². The minimum Gasteiger partial charge on any atom is -0.344 e. The summed E-state index contributed by atoms with van der Waals surface area (Å²) >= 11 is 5.83. The topological polar surface area (TPSA) is 45.8 Å². The van der Waals surface area contributed by atoms with Crippen LogP contribution in [0.1, 0.15) is 10.4 Å². The number of carbonyl (C=O) groups excluding carboxylic acids is 1. The van der Waals surface area contributed by atoms with Gasteiger partial charge >= 0.3 is 0 Å². The Balaban J connectivity index is 2.91. The van der Waals surface area contributed by atoms with Crippen molar-refractivity contribution < 1.29 is 4.79 Å². The third-order valence-corrected chi connectivity index (χ3v) is 2.00. The van der Waals surface area contributed by atoms with Crippen molar-refractivity contribution in [2.75, 3.05) is 0 Å². The number of fused-ring (bicyclic) bond motifs is 1. The fourth-order valence-corrected chi connectivity index (χ4v) is 1.33. The monoisotopic (exact) mass is 180 g/mol. The smallest absolute Gasteiger partial charge is 0.152 e. The molecule has 2 rings (SSSR count). The van der Waals surface area contributed by atoms with E-state index < -0.39 is 0 Å². The predicted octanol–water partition coefficient (Wildman–Crippen LogP) is 2.03. The second-order valence-electron chi connectivity index (χ2n) is 2.38. The Morgan fingerprint density at radius 2 is 2.33 bits per heavy atom. The number of hydrogen-bond donors (Lipinski definition) is 1. The minimum absolute atomic E-state index is 0.553. The molecule has 60 valence electrons. The quantitative estimate of drug-likeness (QED) is 0.683. The summed E-state index contributed by atoms with van der Waals surface area (Å²) in [5, 5.41) is 0.553. The molecule has 1 heterocycles. The van der Waals surface area contributed by atoms with Crippen LogP contribution in [0, 0.1) is 0 Å². The van der Waals surface area contributed by atoms with Gasteiger partial charge in [0.05, 0.1) is 16.9 Å². The Morgan fingerprint density at radius 3 is 3.08 bits per heavy atom. The highest BCUT2D eigenvalue weighted by molar-refractivity contribution is 6.35. The SMILES string of the molecule is O=Cc1ccc(Cl)c2nc[nH]c12. The summed E-state index contributed by atoms with van der Waals surface area (Å²) in [6.45, 7) is 0. The van der Waals surface area contributed by atoms with Crippen LogP contribution in [-0.4, -0.2) is 16.3 Å². The zero-order chi connectivity index (χ0) is 8.55. The second kappa shape index (κ2) is 2.60. The van der Waals surface area contributed by atoms with Crippen molar-refractivity contribution in [3.8, 4) is 0 Å². The van der Waals surface area contributed by atoms with Gasteiger partial charge < -0.3 is 4.98 Å². The first kappa shape index (κ1) is 7.31. The first-order valence-corrected chi connectivity index (χ1v) is 3.77. The van der Waals surface area contributed by atoms with Gasteiger partial charge in [-0.3, -0.25) is 4.79 Å². The Bertz CT molecular complexity index is 436. The molecule has 0 spiro atoms. The number of aldehydes is 1. The molecule has 0 fully saturated rings. The number of H-pyrrole nitrogens is 1. The van der Waals surface area contributed by atoms with Crippen LogP contribution in [0.4, 0.5) is 0 Å². The van der Waals surface area contributed by atoms with Gasteiger partial charge in [-0.25, -0.2) is 4.98 Å². The van der Waals surface area contributed by atoms with Gasteiger partial charge in [-0.1, -0.05) is 11.6 Å². The number of halogens is 1. The molecule has 0 unspecified atom stereocenters. The third kappa shape index (κ3) is 0.905. The van der Waals surface area contributed by atoms with Crippen LogP contribution in [0.15, 0.2) is 18.5 Å². The molecule has 1 aromatic heterocycles. The predicted molar refractivity (Wildman–Crippen MR) is 46.5 cm³/mol. The number of imidazole rings is 1. The van der Waals surface area contributed by atoms with E-state index in [1.807, 2.05) is 0 Å². The second-order valence-corrected chi connectivity index (χ2v) is 2.79. The van der Waals surface area contributed by atoms with Gasteiger partial charge in [0.1, 0.15) is 5.52 Å². The molecule has 4 heteroatoms. The van der Waals surface area contributed by atoms with Gasteiger partial charge in [-0.2, -0.15) is 0 Å². The lowest BCUT2D eigenvalue weighted by Gasteiger charge is -1.94. The van der Waals surface area contributed by atoms with E-state index >= 15 is 0 Å². The van der Waals surface area contributed by atoms with E-state index in [9.17, 15) is 4.79 Å². The lowest BCUT2D eigenvalue weighted by molar-refractivity contribution is 0.112. The molecular formula is C8H5ClN2O. The number of nitrogens with zero attached hydrogens (tertiary/aromatic N) is 1. The summed E-state index contributed by atoms with van der Waals surface area (Å²) in [7, 11) is 0. The molecule has 0 amide bonds. The van der Waals surface area contributed by atoms with E-state index in [1.54, 1.807) is 12.1 Å². The van der Waals surface area contributed by atoms with Crippen molar-refractivity contribution in [1.82, 2.24) is 9.97 Å². The number of carbonyl (C=O) groups is 1. The zero-order valence-electron chi connectivity index (χ0n) is 6.04. The van der Waals surface area contributed by atoms with Crippen LogP contribution in [-0.2, 0) is 0 Å². The first-order valence-electron chi connectivity index (χ1n) is 3.39. The highest BCUT2D eigenvalue weighted by Crippen LogP contribution is 2.21. The van der Waals surface area contributed by atoms with Gasteiger partial charge in [-0.05, 0) is 12.1 Å². The van der Waals surface area contributed by atoms with Crippen molar-refractivity contribution in [3.63, 3.8) is 0 Å². The maximum absolute atomic E-state index is 10.5. The Morgan fingerprint density at radius 1 is 1.50 bits per heavy atom. The maximum Gasteiger partial charge on any atom is 0.152 e. The fraction of sp³-hybridized carbons (Fsp3) is 0. The largest absolute Gasteiger partial charge is 0.344 e. The summed E-state index contributed by atoms with van der Waals surface area (Å²) in [4.78, 5) is 17.4. The number of rotatable bonds is 1. The number of aromatic nitrogens is 2. The molecule has 12 heavy (non-hydrogen) atoms. The van der Waals surface area contributed by atoms with Crippen molar-refractivity contribution in [2.45, 2.75) is 0 Å². The van der Waals surface area contributed by atoms with Crippen LogP contribution >= 0.6 is 11.6 Å². The zero-order valence-corrected chi connectivity index (χ0v) is 6.80. The molecule has 2 aromatic rings. The average molecular weight is 181 g/mol. The van der Waals surface area contributed by atoms with Crippen LogP contribution in [0.2, 0.25) is 5.02 Å². The van der Waals surface area contributed by atoms with Crippen molar-refractivity contribution in [2.24, 2.45) is 0 Å². The molecule has 0 aliphatic heterocycles. The van der Waals surface area contributed by atoms with Gasteiger partial charge in [0.2, 0.25) is 0 Å². The molecule has 0 aliphatic carbocycles. The highest BCUT2D eigenvalue weighted by atomic mass is 35.5. The number of benzene rings is 1. The minimum atomic E-state index is 0.553. The van der Waals surface area contributed by atoms with Gasteiger partial charge in [0.25, 0.3) is 0 Å². The number of nitrogens with one attached hydrogen (secondary N) is 1. The molecule has 1 aromatic carbocycles. The van der Waals surface area contributed by atoms with Crippen LogP contribution in [0.25, 0.3) is 11.0 Å². The Labute approximate surface area is 73.4 Å². The highest BCUT2D eigenvalue weighted by Gasteiger charge is 2.05. The van der Waals surface area contributed by atoms with Crippen LogP contribution in [0.5, 0.6) is 0 Å². The molecule has 0 bridgehead atoms. The molecule has 1 N–H and O–H groups in total. The number of hydrogen-bond acceptors (Lipinski definition) is 2. The summed E-state index contributed by atoms with van der Waals surface area (Å²) < 4.78 is 0. The molecule has 0 radical (unpaired) electrons. The average Bonchev–Trinajstić information content (AvgIpc) is 2.54. The van der Waals surface area contributed by atoms with E-state index in [2.05, 4.69) is 9.97 Å². The fourth-order valence-electron chi connectivity index (χ4n) is 1.12. The van der Waals surface area contributed by atoms with Crippen molar-refractivity contribution >= 4 is 28.9 Å². The summed E-state index contributed by atoms with van der Waals surface area (Å²) in [6.07, 6.45) is 2.29. The maximum atomic E-state index is 10.5. The molecule has 0 saturated carbocycles. The van der Waals surface area contributed by atoms with E-state index in [1.165, 1.54) is 6.33 Å². The lowest BCUT2D eigenvalue weighted by Crippen LogP contribution is -1.82. The van der Waals surface area contributed by atoms with Gasteiger partial charge in [-0.15, -0.1) is 0 Å². The summed E-state index contributed by atoms with van der Waals surface area (Å²) in [5.74, 6) is 0. The molecular weight excluding hydrogens is 176 g/mol. The Hall–Kier alpha value is -1.35. The van der Waals surface area contributed by atoms with E-state index in [0.717, 1.165) is 6.29 Å². The normalized spacial score (nSPS) is 10.4. The molecule has 3 nitrogen and oxygen atoms in total. The van der Waals surface area contributed by atoms with Crippen LogP contribution in [0.3, 0.4) is 0 Å². The van der Waals surface area contributed by atoms with Crippen molar-refractivity contribution in [1.29, 1.82) is 0 Å². The summed E-state index contributed by atoms with van der Waals surface area (Å²) in [5.41, 5.74) is 1.91. The third-order valence-electron chi connectivity index (χ3n) is 1.69. The standard InChI is InChI=1S/C8H5ClN2O/c9-6-2-1-5(3-12)7-8(6)11-4-10-7/h1-4H,(H,10,11). The van der Waals surface area contributed by atoms with E-state index in [4.69, 9.17) is 11.6 Å². The van der Waals surface area contributed by atoms with E-state index in [0.29, 0.717) is 21.6 Å². The van der Waals surface area contributed by atoms with Gasteiger partial charge in [0, 0.05) is 5.56 Å². The molecule has 0 saturated heterocycles. The van der Waals surface area contributed by atoms with Crippen LogP contribution < -0.4 is 0 Å². The molecule has 0 aliphatic rings. The van der Waals surface area contributed by atoms with E-state index in [-0.39, 0.29) is 0 Å². The number of aromatic amines is 1. The summed E-state index contributed by atoms with van der Waals surface area (Å²) in [6, 6.07) is 3.32. The molecule has 0 atom stereocenters. The van der Waals surface area contributed by atoms with Gasteiger partial charge in [0.15, 0.2) is 6.29 Å². The first-order chi connectivity index (χ1) is 5.83. The Kier molecular flexibility index (Phi) is 1.59. The lowest BCUT2D eigenvalue weighted by atomic mass is 10.2.